The van der Waals surface area contributed by atoms with E-state index in [1.54, 1.807) is 5.56 Å². The van der Waals surface area contributed by atoms with Gasteiger partial charge in [0.15, 0.2) is 0 Å². The van der Waals surface area contributed by atoms with Crippen LogP contribution in [0.15, 0.2) is 12.1 Å². The molecule has 0 bridgehead atoms. The molecule has 1 nitrogen and oxygen atoms in total. The van der Waals surface area contributed by atoms with E-state index in [4.69, 9.17) is 0 Å². The average Bonchev–Trinajstić information content (AvgIpc) is 2.45. The van der Waals surface area contributed by atoms with Crippen LogP contribution in [0, 0.1) is 0 Å². The lowest BCUT2D eigenvalue weighted by molar-refractivity contribution is 0.684. The molecule has 1 heteroatoms. The van der Waals surface area contributed by atoms with Crippen molar-refractivity contribution in [1.29, 1.82) is 0 Å². The zero-order valence-corrected chi connectivity index (χ0v) is 13.3. The molecule has 0 aliphatic carbocycles. The van der Waals surface area contributed by atoms with Gasteiger partial charge in [0.25, 0.3) is 0 Å². The molecule has 0 saturated carbocycles. The maximum Gasteiger partial charge on any atom is 0.0375 e. The van der Waals surface area contributed by atoms with E-state index in [1.807, 2.05) is 0 Å². The summed E-state index contributed by atoms with van der Waals surface area (Å²) in [4.78, 5) is 0. The van der Waals surface area contributed by atoms with E-state index in [0.717, 1.165) is 25.8 Å². The Bertz CT molecular complexity index is 368. The summed E-state index contributed by atoms with van der Waals surface area (Å²) in [6.07, 6.45) is 8.73. The molecule has 1 N–H and O–H groups in total. The zero-order chi connectivity index (χ0) is 14.1. The standard InChI is InChI=1S/C18H31N/c1-5-9-10-11-14-19-18-13-12-15(6-2)16(7-3)17(18)8-4/h12-13,19H,5-11,14H2,1-4H3. The third kappa shape index (κ3) is 4.56. The summed E-state index contributed by atoms with van der Waals surface area (Å²) in [6.45, 7) is 10.2. The molecule has 19 heavy (non-hydrogen) atoms. The van der Waals surface area contributed by atoms with Gasteiger partial charge in [-0.25, -0.2) is 0 Å². The van der Waals surface area contributed by atoms with Crippen molar-refractivity contribution >= 4 is 5.69 Å². The van der Waals surface area contributed by atoms with Crippen LogP contribution in [0.3, 0.4) is 0 Å². The van der Waals surface area contributed by atoms with E-state index in [1.165, 1.54) is 42.5 Å². The highest BCUT2D eigenvalue weighted by molar-refractivity contribution is 5.57. The van der Waals surface area contributed by atoms with Crippen molar-refractivity contribution in [2.45, 2.75) is 72.6 Å². The molecule has 0 radical (unpaired) electrons. The lowest BCUT2D eigenvalue weighted by Crippen LogP contribution is -2.07. The van der Waals surface area contributed by atoms with Gasteiger partial charge in [0.1, 0.15) is 0 Å². The van der Waals surface area contributed by atoms with Crippen LogP contribution >= 0.6 is 0 Å². The number of aryl methyl sites for hydroxylation is 1. The second-order valence-corrected chi connectivity index (χ2v) is 5.28. The van der Waals surface area contributed by atoms with Gasteiger partial charge >= 0.3 is 0 Å². The van der Waals surface area contributed by atoms with Gasteiger partial charge in [0.05, 0.1) is 0 Å². The summed E-state index contributed by atoms with van der Waals surface area (Å²) < 4.78 is 0. The highest BCUT2D eigenvalue weighted by Crippen LogP contribution is 2.25. The second-order valence-electron chi connectivity index (χ2n) is 5.28. The lowest BCUT2D eigenvalue weighted by Gasteiger charge is -2.17. The van der Waals surface area contributed by atoms with Crippen molar-refractivity contribution < 1.29 is 0 Å². The molecule has 0 aliphatic rings. The Hall–Kier alpha value is -0.980. The van der Waals surface area contributed by atoms with Crippen LogP contribution in [0.25, 0.3) is 0 Å². The normalized spacial score (nSPS) is 10.7. The van der Waals surface area contributed by atoms with Crippen molar-refractivity contribution in [3.05, 3.63) is 28.8 Å². The van der Waals surface area contributed by atoms with E-state index >= 15 is 0 Å². The fourth-order valence-electron chi connectivity index (χ4n) is 2.86. The zero-order valence-electron chi connectivity index (χ0n) is 13.3. The molecule has 0 heterocycles. The first-order valence-electron chi connectivity index (χ1n) is 8.15. The number of rotatable bonds is 9. The molecule has 1 aromatic carbocycles. The van der Waals surface area contributed by atoms with Gasteiger partial charge in [-0.05, 0) is 48.4 Å². The van der Waals surface area contributed by atoms with Gasteiger partial charge in [0, 0.05) is 12.2 Å². The van der Waals surface area contributed by atoms with Crippen molar-refractivity contribution in [2.75, 3.05) is 11.9 Å². The maximum absolute atomic E-state index is 3.65. The fraction of sp³-hybridized carbons (Fsp3) is 0.667. The molecule has 0 fully saturated rings. The predicted molar refractivity (Wildman–Crippen MR) is 87.2 cm³/mol. The third-order valence-electron chi connectivity index (χ3n) is 3.96. The smallest absolute Gasteiger partial charge is 0.0375 e. The van der Waals surface area contributed by atoms with Gasteiger partial charge in [-0.15, -0.1) is 0 Å². The van der Waals surface area contributed by atoms with Gasteiger partial charge in [-0.2, -0.15) is 0 Å². The Balaban J connectivity index is 2.72. The van der Waals surface area contributed by atoms with Gasteiger partial charge < -0.3 is 5.32 Å². The van der Waals surface area contributed by atoms with Crippen molar-refractivity contribution in [1.82, 2.24) is 0 Å². The molecular weight excluding hydrogens is 230 g/mol. The monoisotopic (exact) mass is 261 g/mol. The summed E-state index contributed by atoms with van der Waals surface area (Å²) in [5.74, 6) is 0. The highest BCUT2D eigenvalue weighted by atomic mass is 14.9. The Morgan fingerprint density at radius 1 is 0.789 bits per heavy atom. The largest absolute Gasteiger partial charge is 0.385 e. The minimum atomic E-state index is 1.11. The quantitative estimate of drug-likeness (QED) is 0.590. The number of benzene rings is 1. The molecule has 0 unspecified atom stereocenters. The first-order valence-corrected chi connectivity index (χ1v) is 8.15. The lowest BCUT2D eigenvalue weighted by atomic mass is 9.94. The minimum Gasteiger partial charge on any atom is -0.385 e. The maximum atomic E-state index is 3.65. The Kier molecular flexibility index (Phi) is 7.62. The van der Waals surface area contributed by atoms with Gasteiger partial charge in [-0.1, -0.05) is 53.0 Å². The SMILES string of the molecule is CCCCCCNc1ccc(CC)c(CC)c1CC. The molecule has 0 spiro atoms. The van der Waals surface area contributed by atoms with E-state index in [-0.39, 0.29) is 0 Å². The number of nitrogens with one attached hydrogen (secondary N) is 1. The second kappa shape index (κ2) is 9.01. The van der Waals surface area contributed by atoms with Crippen LogP contribution in [0.2, 0.25) is 0 Å². The molecule has 1 rings (SSSR count). The van der Waals surface area contributed by atoms with Gasteiger partial charge in [-0.3, -0.25) is 0 Å². The Morgan fingerprint density at radius 2 is 1.53 bits per heavy atom. The molecule has 108 valence electrons. The molecule has 0 saturated heterocycles. The Morgan fingerprint density at radius 3 is 2.11 bits per heavy atom. The van der Waals surface area contributed by atoms with Crippen LogP contribution in [0.5, 0.6) is 0 Å². The van der Waals surface area contributed by atoms with E-state index in [0.29, 0.717) is 0 Å². The first-order chi connectivity index (χ1) is 9.28. The molecular formula is C18H31N. The van der Waals surface area contributed by atoms with E-state index in [2.05, 4.69) is 45.1 Å². The molecule has 0 aromatic heterocycles. The number of hydrogen-bond acceptors (Lipinski definition) is 1. The molecule has 1 aromatic rings. The summed E-state index contributed by atoms with van der Waals surface area (Å²) in [5.41, 5.74) is 6.00. The predicted octanol–water partition coefficient (Wildman–Crippen LogP) is 5.37. The van der Waals surface area contributed by atoms with Crippen LogP contribution < -0.4 is 5.32 Å². The van der Waals surface area contributed by atoms with Crippen LogP contribution in [0.4, 0.5) is 5.69 Å². The summed E-state index contributed by atoms with van der Waals surface area (Å²) in [7, 11) is 0. The van der Waals surface area contributed by atoms with E-state index < -0.39 is 0 Å². The average molecular weight is 261 g/mol. The third-order valence-corrected chi connectivity index (χ3v) is 3.96. The molecule has 0 amide bonds. The van der Waals surface area contributed by atoms with Crippen molar-refractivity contribution in [2.24, 2.45) is 0 Å². The fourth-order valence-corrected chi connectivity index (χ4v) is 2.86. The van der Waals surface area contributed by atoms with Crippen LogP contribution in [0.1, 0.15) is 70.1 Å². The number of hydrogen-bond donors (Lipinski definition) is 1. The topological polar surface area (TPSA) is 12.0 Å². The summed E-state index contributed by atoms with van der Waals surface area (Å²) in [6, 6.07) is 4.60. The van der Waals surface area contributed by atoms with Crippen LogP contribution in [-0.2, 0) is 19.3 Å². The number of anilines is 1. The van der Waals surface area contributed by atoms with Gasteiger partial charge in [0.2, 0.25) is 0 Å². The first kappa shape index (κ1) is 16.1. The summed E-state index contributed by atoms with van der Waals surface area (Å²) in [5, 5.41) is 3.65. The summed E-state index contributed by atoms with van der Waals surface area (Å²) >= 11 is 0. The molecule has 0 atom stereocenters. The van der Waals surface area contributed by atoms with E-state index in [9.17, 15) is 0 Å². The van der Waals surface area contributed by atoms with Crippen molar-refractivity contribution in [3.8, 4) is 0 Å². The number of unbranched alkanes of at least 4 members (excludes halogenated alkanes) is 3. The van der Waals surface area contributed by atoms with Crippen LogP contribution in [-0.4, -0.2) is 6.54 Å². The highest BCUT2D eigenvalue weighted by Gasteiger charge is 2.09. The van der Waals surface area contributed by atoms with Crippen molar-refractivity contribution in [3.63, 3.8) is 0 Å². The minimum absolute atomic E-state index is 1.11. The molecule has 0 aliphatic heterocycles. The Labute approximate surface area is 119 Å².